The molecule has 1 aliphatic rings. The van der Waals surface area contributed by atoms with Gasteiger partial charge in [0.25, 0.3) is 0 Å². The van der Waals surface area contributed by atoms with Crippen molar-refractivity contribution in [1.29, 1.82) is 0 Å². The topological polar surface area (TPSA) is 125 Å². The van der Waals surface area contributed by atoms with Gasteiger partial charge in [-0.1, -0.05) is 37.6 Å². The number of amides is 1. The number of aromatic nitrogens is 3. The molecule has 0 unspecified atom stereocenters. The van der Waals surface area contributed by atoms with Crippen molar-refractivity contribution in [1.82, 2.24) is 20.1 Å². The van der Waals surface area contributed by atoms with Crippen LogP contribution in [0.2, 0.25) is 5.02 Å². The number of carboxylic acid groups (broad SMARTS) is 1. The van der Waals surface area contributed by atoms with Gasteiger partial charge in [0.2, 0.25) is 11.7 Å². The Labute approximate surface area is 244 Å². The van der Waals surface area contributed by atoms with Crippen LogP contribution in [0.5, 0.6) is 11.5 Å². The van der Waals surface area contributed by atoms with Crippen molar-refractivity contribution in [2.75, 3.05) is 14.2 Å². The fourth-order valence-electron chi connectivity index (χ4n) is 4.78. The van der Waals surface area contributed by atoms with Crippen LogP contribution < -0.4 is 14.8 Å². The highest BCUT2D eigenvalue weighted by Gasteiger charge is 2.42. The minimum absolute atomic E-state index is 0.0220. The monoisotopic (exact) mass is 612 g/mol. The first-order valence-electron chi connectivity index (χ1n) is 12.6. The van der Waals surface area contributed by atoms with E-state index < -0.39 is 47.8 Å². The number of halogens is 4. The highest BCUT2D eigenvalue weighted by Crippen LogP contribution is 2.47. The maximum Gasteiger partial charge on any atom is 0.382 e. The lowest BCUT2D eigenvalue weighted by atomic mass is 9.98. The van der Waals surface area contributed by atoms with Gasteiger partial charge in [-0.25, -0.2) is 4.79 Å². The van der Waals surface area contributed by atoms with Gasteiger partial charge in [-0.2, -0.15) is 8.78 Å². The normalized spacial score (nSPS) is 17.3. The van der Waals surface area contributed by atoms with Crippen molar-refractivity contribution in [2.45, 2.75) is 50.3 Å². The SMILES string of the molecule is COc1cccc([C@@H]2O[C@@H](CC(=O)N[C@@H](CC(C)C)C(=O)O)c3nnc(C(F)(F)Cl)n3-c3ccc(Cl)cc32)c1OC. The number of carboxylic acids is 1. The van der Waals surface area contributed by atoms with Crippen LogP contribution in [0, 0.1) is 5.92 Å². The Morgan fingerprint density at radius 2 is 1.90 bits per heavy atom. The van der Waals surface area contributed by atoms with Crippen LogP contribution in [-0.2, 0) is 19.7 Å². The van der Waals surface area contributed by atoms with Gasteiger partial charge in [-0.05, 0) is 48.2 Å². The molecule has 220 valence electrons. The summed E-state index contributed by atoms with van der Waals surface area (Å²) in [6, 6.07) is 8.41. The van der Waals surface area contributed by atoms with E-state index in [1.54, 1.807) is 18.2 Å². The summed E-state index contributed by atoms with van der Waals surface area (Å²) in [5.41, 5.74) is 0.964. The van der Waals surface area contributed by atoms with Crippen molar-refractivity contribution in [2.24, 2.45) is 5.92 Å². The zero-order chi connectivity index (χ0) is 30.1. The second kappa shape index (κ2) is 12.2. The zero-order valence-electron chi connectivity index (χ0n) is 22.5. The van der Waals surface area contributed by atoms with E-state index in [2.05, 4.69) is 15.5 Å². The van der Waals surface area contributed by atoms with E-state index >= 15 is 0 Å². The fourth-order valence-corrected chi connectivity index (χ4v) is 5.08. The molecule has 14 heteroatoms. The number of nitrogens with one attached hydrogen (secondary N) is 1. The summed E-state index contributed by atoms with van der Waals surface area (Å²) in [5, 5.41) is 16.0. The number of carbonyl (C=O) groups is 2. The van der Waals surface area contributed by atoms with Crippen LogP contribution in [0.4, 0.5) is 8.78 Å². The van der Waals surface area contributed by atoms with Gasteiger partial charge in [-0.15, -0.1) is 10.2 Å². The average molecular weight is 613 g/mol. The Morgan fingerprint density at radius 3 is 2.51 bits per heavy atom. The van der Waals surface area contributed by atoms with Crippen molar-refractivity contribution in [3.63, 3.8) is 0 Å². The molecule has 2 N–H and O–H groups in total. The van der Waals surface area contributed by atoms with Crippen LogP contribution in [0.3, 0.4) is 0 Å². The van der Waals surface area contributed by atoms with Crippen molar-refractivity contribution < 1.29 is 37.7 Å². The number of alkyl halides is 3. The van der Waals surface area contributed by atoms with Gasteiger partial charge >= 0.3 is 11.4 Å². The number of benzene rings is 2. The third-order valence-corrected chi connectivity index (χ3v) is 6.87. The van der Waals surface area contributed by atoms with E-state index in [0.29, 0.717) is 22.6 Å². The second-order valence-electron chi connectivity index (χ2n) is 9.80. The molecule has 0 saturated carbocycles. The van der Waals surface area contributed by atoms with Crippen LogP contribution in [0.15, 0.2) is 36.4 Å². The Hall–Kier alpha value is -3.48. The lowest BCUT2D eigenvalue weighted by molar-refractivity contribution is -0.143. The largest absolute Gasteiger partial charge is 0.493 e. The molecule has 0 saturated heterocycles. The maximum atomic E-state index is 14.6. The van der Waals surface area contributed by atoms with Gasteiger partial charge in [0.1, 0.15) is 18.2 Å². The number of ether oxygens (including phenoxy) is 3. The number of nitrogens with zero attached hydrogens (tertiary/aromatic N) is 3. The molecule has 2 heterocycles. The van der Waals surface area contributed by atoms with Gasteiger partial charge < -0.3 is 24.6 Å². The molecule has 2 aromatic carbocycles. The first-order chi connectivity index (χ1) is 19.3. The number of carbonyl (C=O) groups excluding carboxylic acids is 1. The molecule has 0 fully saturated rings. The van der Waals surface area contributed by atoms with Crippen molar-refractivity contribution in [3.8, 4) is 17.2 Å². The summed E-state index contributed by atoms with van der Waals surface area (Å²) >= 11 is 11.8. The molecule has 3 aromatic rings. The van der Waals surface area contributed by atoms with E-state index in [1.165, 1.54) is 32.4 Å². The predicted molar refractivity (Wildman–Crippen MR) is 145 cm³/mol. The Bertz CT molecular complexity index is 1450. The molecule has 0 radical (unpaired) electrons. The van der Waals surface area contributed by atoms with E-state index in [9.17, 15) is 23.5 Å². The Balaban J connectivity index is 1.89. The number of fused-ring (bicyclic) bond motifs is 3. The minimum Gasteiger partial charge on any atom is -0.493 e. The molecule has 10 nitrogen and oxygen atoms in total. The van der Waals surface area contributed by atoms with E-state index in [4.69, 9.17) is 37.4 Å². The summed E-state index contributed by atoms with van der Waals surface area (Å²) in [7, 11) is 2.89. The molecule has 3 atom stereocenters. The number of hydrogen-bond acceptors (Lipinski definition) is 7. The van der Waals surface area contributed by atoms with Crippen LogP contribution >= 0.6 is 23.2 Å². The highest BCUT2D eigenvalue weighted by molar-refractivity contribution is 6.30. The van der Waals surface area contributed by atoms with Gasteiger partial charge in [0.05, 0.1) is 26.3 Å². The molecule has 41 heavy (non-hydrogen) atoms. The third kappa shape index (κ3) is 6.39. The lowest BCUT2D eigenvalue weighted by Gasteiger charge is -2.25. The lowest BCUT2D eigenvalue weighted by Crippen LogP contribution is -2.42. The molecule has 0 spiro atoms. The van der Waals surface area contributed by atoms with Crippen LogP contribution in [-0.4, -0.2) is 52.0 Å². The molecule has 0 aliphatic carbocycles. The number of hydrogen-bond donors (Lipinski definition) is 2. The van der Waals surface area contributed by atoms with Gasteiger partial charge in [0.15, 0.2) is 17.3 Å². The number of para-hydroxylation sites is 1. The Kier molecular flexibility index (Phi) is 9.05. The standard InChI is InChI=1S/C27H28Cl2F2N4O6/c1-13(2)10-17(25(37)38)32-21(36)12-20-24-33-34-26(27(29,30)31)35(24)18-9-8-14(28)11-16(18)22(41-20)15-6-5-7-19(39-3)23(15)40-4/h5-9,11,13,17,20,22H,10,12H2,1-4H3,(H,32,36)(H,37,38)/t17-,20-,22-/m0/s1. The summed E-state index contributed by atoms with van der Waals surface area (Å²) in [5.74, 6) is -2.28. The summed E-state index contributed by atoms with van der Waals surface area (Å²) in [4.78, 5) is 24.9. The zero-order valence-corrected chi connectivity index (χ0v) is 24.0. The molecular formula is C27H28Cl2F2N4O6. The third-order valence-electron chi connectivity index (χ3n) is 6.47. The highest BCUT2D eigenvalue weighted by atomic mass is 35.5. The second-order valence-corrected chi connectivity index (χ2v) is 10.7. The van der Waals surface area contributed by atoms with E-state index in [1.807, 2.05) is 13.8 Å². The van der Waals surface area contributed by atoms with Crippen LogP contribution in [0.1, 0.15) is 61.7 Å². The predicted octanol–water partition coefficient (Wildman–Crippen LogP) is 5.39. The fraction of sp³-hybridized carbons (Fsp3) is 0.407. The molecular weight excluding hydrogens is 585 g/mol. The summed E-state index contributed by atoms with van der Waals surface area (Å²) in [6.07, 6.45) is -2.61. The van der Waals surface area contributed by atoms with E-state index in [0.717, 1.165) is 4.57 Å². The smallest absolute Gasteiger partial charge is 0.382 e. The van der Waals surface area contributed by atoms with Crippen molar-refractivity contribution >= 4 is 35.1 Å². The van der Waals surface area contributed by atoms with Crippen LogP contribution in [0.25, 0.3) is 5.69 Å². The Morgan fingerprint density at radius 1 is 1.17 bits per heavy atom. The summed E-state index contributed by atoms with van der Waals surface area (Å²) in [6.45, 7) is 3.64. The first-order valence-corrected chi connectivity index (χ1v) is 13.3. The maximum absolute atomic E-state index is 14.6. The molecule has 0 bridgehead atoms. The van der Waals surface area contributed by atoms with Gasteiger partial charge in [-0.3, -0.25) is 9.36 Å². The molecule has 1 aromatic heterocycles. The van der Waals surface area contributed by atoms with Gasteiger partial charge in [0, 0.05) is 16.1 Å². The first kappa shape index (κ1) is 30.5. The quantitative estimate of drug-likeness (QED) is 0.292. The number of rotatable bonds is 10. The van der Waals surface area contributed by atoms with Crippen molar-refractivity contribution in [3.05, 3.63) is 64.2 Å². The molecule has 1 amide bonds. The summed E-state index contributed by atoms with van der Waals surface area (Å²) < 4.78 is 47.7. The molecule has 4 rings (SSSR count). The number of methoxy groups -OCH3 is 2. The van der Waals surface area contributed by atoms with E-state index in [-0.39, 0.29) is 28.9 Å². The number of aliphatic carboxylic acids is 1. The molecule has 1 aliphatic heterocycles. The minimum atomic E-state index is -3.94. The average Bonchev–Trinajstić information content (AvgIpc) is 3.31.